The summed E-state index contributed by atoms with van der Waals surface area (Å²) >= 11 is 0. The van der Waals surface area contributed by atoms with Gasteiger partial charge in [-0.1, -0.05) is 0 Å². The molecule has 1 aromatic rings. The molecule has 0 saturated carbocycles. The molecule has 0 unspecified atom stereocenters. The number of carbonyl (C=O) groups is 1. The average Bonchev–Trinajstić information content (AvgIpc) is 2.41. The SMILES string of the molecule is CC1(C)NC(=O)N(c2ccc(F)cc2)N1. The molecule has 15 heavy (non-hydrogen) atoms. The van der Waals surface area contributed by atoms with E-state index >= 15 is 0 Å². The highest BCUT2D eigenvalue weighted by Crippen LogP contribution is 2.18. The molecule has 1 saturated heterocycles. The van der Waals surface area contributed by atoms with Crippen LogP contribution >= 0.6 is 0 Å². The molecule has 0 aromatic heterocycles. The maximum absolute atomic E-state index is 12.7. The molecule has 1 aliphatic heterocycles. The van der Waals surface area contributed by atoms with Crippen molar-refractivity contribution < 1.29 is 9.18 Å². The van der Waals surface area contributed by atoms with E-state index in [2.05, 4.69) is 10.7 Å². The maximum atomic E-state index is 12.7. The Kier molecular flexibility index (Phi) is 2.12. The van der Waals surface area contributed by atoms with Crippen molar-refractivity contribution in [3.8, 4) is 0 Å². The minimum absolute atomic E-state index is 0.244. The van der Waals surface area contributed by atoms with Gasteiger partial charge in [-0.15, -0.1) is 0 Å². The molecule has 0 bridgehead atoms. The second kappa shape index (κ2) is 3.20. The Hall–Kier alpha value is -1.62. The fourth-order valence-corrected chi connectivity index (χ4v) is 1.45. The van der Waals surface area contributed by atoms with Gasteiger partial charge in [0.25, 0.3) is 0 Å². The Morgan fingerprint density at radius 2 is 1.87 bits per heavy atom. The highest BCUT2D eigenvalue weighted by Gasteiger charge is 2.34. The molecule has 2 N–H and O–H groups in total. The van der Waals surface area contributed by atoms with Crippen LogP contribution in [-0.2, 0) is 0 Å². The summed E-state index contributed by atoms with van der Waals surface area (Å²) in [4.78, 5) is 11.5. The van der Waals surface area contributed by atoms with Gasteiger partial charge in [-0.25, -0.2) is 19.6 Å². The molecular formula is C10H12FN3O. The zero-order valence-electron chi connectivity index (χ0n) is 8.54. The van der Waals surface area contributed by atoms with E-state index in [0.29, 0.717) is 5.69 Å². The second-order valence-corrected chi connectivity index (χ2v) is 3.98. The summed E-state index contributed by atoms with van der Waals surface area (Å²) in [6, 6.07) is 5.48. The smallest absolute Gasteiger partial charge is 0.317 e. The van der Waals surface area contributed by atoms with Gasteiger partial charge in [0.2, 0.25) is 0 Å². The monoisotopic (exact) mass is 209 g/mol. The predicted molar refractivity (Wildman–Crippen MR) is 54.6 cm³/mol. The predicted octanol–water partition coefficient (Wildman–Crippen LogP) is 1.60. The molecule has 1 aliphatic rings. The molecule has 1 aromatic carbocycles. The Morgan fingerprint density at radius 1 is 1.27 bits per heavy atom. The Bertz CT molecular complexity index is 388. The minimum Gasteiger partial charge on any atom is -0.317 e. The summed E-state index contributed by atoms with van der Waals surface area (Å²) in [6.45, 7) is 3.68. The first-order valence-corrected chi connectivity index (χ1v) is 4.64. The van der Waals surface area contributed by atoms with Gasteiger partial charge in [-0.05, 0) is 38.1 Å². The summed E-state index contributed by atoms with van der Waals surface area (Å²) in [7, 11) is 0. The van der Waals surface area contributed by atoms with Crippen LogP contribution < -0.4 is 15.8 Å². The van der Waals surface area contributed by atoms with Gasteiger partial charge in [0.05, 0.1) is 5.69 Å². The second-order valence-electron chi connectivity index (χ2n) is 3.98. The lowest BCUT2D eigenvalue weighted by Gasteiger charge is -2.19. The van der Waals surface area contributed by atoms with E-state index in [1.807, 2.05) is 13.8 Å². The normalized spacial score (nSPS) is 19.1. The highest BCUT2D eigenvalue weighted by atomic mass is 19.1. The van der Waals surface area contributed by atoms with E-state index in [1.54, 1.807) is 12.1 Å². The van der Waals surface area contributed by atoms with Crippen LogP contribution in [0.4, 0.5) is 14.9 Å². The van der Waals surface area contributed by atoms with Crippen molar-refractivity contribution in [2.45, 2.75) is 19.5 Å². The van der Waals surface area contributed by atoms with Crippen LogP contribution in [0.15, 0.2) is 24.3 Å². The first kappa shape index (κ1) is 9.92. The summed E-state index contributed by atoms with van der Waals surface area (Å²) in [5.74, 6) is -0.322. The molecule has 0 aliphatic carbocycles. The van der Waals surface area contributed by atoms with E-state index in [9.17, 15) is 9.18 Å². The zero-order valence-corrected chi connectivity index (χ0v) is 8.54. The molecule has 0 radical (unpaired) electrons. The highest BCUT2D eigenvalue weighted by molar-refractivity contribution is 5.93. The van der Waals surface area contributed by atoms with Crippen LogP contribution in [0.1, 0.15) is 13.8 Å². The number of carbonyl (C=O) groups excluding carboxylic acids is 1. The fraction of sp³-hybridized carbons (Fsp3) is 0.300. The third-order valence-corrected chi connectivity index (χ3v) is 2.10. The first-order valence-electron chi connectivity index (χ1n) is 4.64. The third kappa shape index (κ3) is 1.92. The zero-order chi connectivity index (χ0) is 11.1. The van der Waals surface area contributed by atoms with Gasteiger partial charge in [-0.3, -0.25) is 0 Å². The third-order valence-electron chi connectivity index (χ3n) is 2.10. The van der Waals surface area contributed by atoms with Gasteiger partial charge in [-0.2, -0.15) is 0 Å². The summed E-state index contributed by atoms with van der Waals surface area (Å²) in [5, 5.41) is 4.10. The van der Waals surface area contributed by atoms with Crippen LogP contribution in [0, 0.1) is 5.82 Å². The Morgan fingerprint density at radius 3 is 2.33 bits per heavy atom. The Labute approximate surface area is 87.0 Å². The van der Waals surface area contributed by atoms with Gasteiger partial charge < -0.3 is 5.32 Å². The van der Waals surface area contributed by atoms with Crippen molar-refractivity contribution in [1.82, 2.24) is 10.7 Å². The number of amides is 2. The fourth-order valence-electron chi connectivity index (χ4n) is 1.45. The van der Waals surface area contributed by atoms with Gasteiger partial charge in [0.1, 0.15) is 11.5 Å². The van der Waals surface area contributed by atoms with E-state index in [-0.39, 0.29) is 11.8 Å². The minimum atomic E-state index is -0.481. The van der Waals surface area contributed by atoms with Crippen molar-refractivity contribution in [2.75, 3.05) is 5.01 Å². The molecule has 1 heterocycles. The summed E-state index contributed by atoms with van der Waals surface area (Å²) < 4.78 is 12.7. The number of hydrogen-bond donors (Lipinski definition) is 2. The van der Waals surface area contributed by atoms with Gasteiger partial charge in [0, 0.05) is 0 Å². The lowest BCUT2D eigenvalue weighted by Crippen LogP contribution is -2.45. The number of halogens is 1. The van der Waals surface area contributed by atoms with E-state index in [1.165, 1.54) is 17.1 Å². The molecule has 5 heteroatoms. The van der Waals surface area contributed by atoms with Crippen molar-refractivity contribution in [3.63, 3.8) is 0 Å². The topological polar surface area (TPSA) is 44.4 Å². The van der Waals surface area contributed by atoms with Crippen LogP contribution in [0.3, 0.4) is 0 Å². The van der Waals surface area contributed by atoms with Crippen molar-refractivity contribution >= 4 is 11.7 Å². The molecule has 2 amide bonds. The number of hydrogen-bond acceptors (Lipinski definition) is 2. The summed E-state index contributed by atoms with van der Waals surface area (Å²) in [6.07, 6.45) is 0. The standard InChI is InChI=1S/C10H12FN3O/c1-10(2)12-9(15)14(13-10)8-5-3-7(11)4-6-8/h3-6,13H,1-2H3,(H,12,15). The quantitative estimate of drug-likeness (QED) is 0.737. The molecule has 1 fully saturated rings. The van der Waals surface area contributed by atoms with Gasteiger partial charge >= 0.3 is 6.03 Å². The average molecular weight is 209 g/mol. The number of rotatable bonds is 1. The molecule has 0 spiro atoms. The number of urea groups is 1. The lowest BCUT2D eigenvalue weighted by atomic mass is 10.3. The number of nitrogens with one attached hydrogen (secondary N) is 2. The van der Waals surface area contributed by atoms with Crippen LogP contribution in [0.5, 0.6) is 0 Å². The van der Waals surface area contributed by atoms with Crippen molar-refractivity contribution in [3.05, 3.63) is 30.1 Å². The molecule has 2 rings (SSSR count). The number of anilines is 1. The molecule has 0 atom stereocenters. The number of nitrogens with zero attached hydrogens (tertiary/aromatic N) is 1. The van der Waals surface area contributed by atoms with E-state index < -0.39 is 5.66 Å². The first-order chi connectivity index (χ1) is 6.98. The van der Waals surface area contributed by atoms with E-state index in [4.69, 9.17) is 0 Å². The van der Waals surface area contributed by atoms with Crippen molar-refractivity contribution in [2.24, 2.45) is 0 Å². The molecule has 80 valence electrons. The lowest BCUT2D eigenvalue weighted by molar-refractivity contribution is 0.248. The number of hydrazine groups is 1. The largest absolute Gasteiger partial charge is 0.338 e. The molecule has 4 nitrogen and oxygen atoms in total. The van der Waals surface area contributed by atoms with Crippen LogP contribution in [0.25, 0.3) is 0 Å². The van der Waals surface area contributed by atoms with Crippen LogP contribution in [0.2, 0.25) is 0 Å². The summed E-state index contributed by atoms with van der Waals surface area (Å²) in [5.41, 5.74) is 3.10. The Balaban J connectivity index is 2.25. The molecular weight excluding hydrogens is 197 g/mol. The van der Waals surface area contributed by atoms with Crippen molar-refractivity contribution in [1.29, 1.82) is 0 Å². The van der Waals surface area contributed by atoms with Crippen LogP contribution in [-0.4, -0.2) is 11.7 Å². The number of benzene rings is 1. The van der Waals surface area contributed by atoms with E-state index in [0.717, 1.165) is 0 Å². The van der Waals surface area contributed by atoms with Gasteiger partial charge in [0.15, 0.2) is 0 Å². The maximum Gasteiger partial charge on any atom is 0.338 e.